The van der Waals surface area contributed by atoms with Crippen molar-refractivity contribution in [1.29, 1.82) is 0 Å². The lowest BCUT2D eigenvalue weighted by Gasteiger charge is -2.15. The third-order valence-corrected chi connectivity index (χ3v) is 3.06. The number of nitrogens with zero attached hydrogens (tertiary/aromatic N) is 1. The maximum absolute atomic E-state index is 5.39. The standard InChI is InChI=1S/C14H23NO/c1-5-12-7-8-14(16-4)13(11-12)9-10-15(3)6-2/h7-8,11H,5-6,9-10H2,1-4H3. The van der Waals surface area contributed by atoms with Gasteiger partial charge in [-0.1, -0.05) is 26.0 Å². The van der Waals surface area contributed by atoms with Gasteiger partial charge in [0.05, 0.1) is 7.11 Å². The Morgan fingerprint density at radius 1 is 1.25 bits per heavy atom. The Kier molecular flexibility index (Phi) is 5.33. The zero-order valence-electron chi connectivity index (χ0n) is 10.9. The van der Waals surface area contributed by atoms with Gasteiger partial charge in [0, 0.05) is 6.54 Å². The van der Waals surface area contributed by atoms with E-state index in [0.717, 1.165) is 31.7 Å². The molecule has 0 saturated carbocycles. The second-order valence-corrected chi connectivity index (χ2v) is 4.15. The molecule has 0 saturated heterocycles. The largest absolute Gasteiger partial charge is 0.496 e. The van der Waals surface area contributed by atoms with Gasteiger partial charge in [-0.25, -0.2) is 0 Å². The quantitative estimate of drug-likeness (QED) is 0.732. The first-order chi connectivity index (χ1) is 7.71. The minimum absolute atomic E-state index is 1.02. The van der Waals surface area contributed by atoms with Crippen molar-refractivity contribution >= 4 is 0 Å². The smallest absolute Gasteiger partial charge is 0.122 e. The summed E-state index contributed by atoms with van der Waals surface area (Å²) >= 11 is 0. The average Bonchev–Trinajstić information content (AvgIpc) is 2.35. The lowest BCUT2D eigenvalue weighted by atomic mass is 10.0. The Morgan fingerprint density at radius 3 is 2.56 bits per heavy atom. The molecule has 0 bridgehead atoms. The van der Waals surface area contributed by atoms with Crippen LogP contribution in [0.2, 0.25) is 0 Å². The number of ether oxygens (including phenoxy) is 1. The number of rotatable bonds is 6. The van der Waals surface area contributed by atoms with E-state index in [1.807, 2.05) is 0 Å². The summed E-state index contributed by atoms with van der Waals surface area (Å²) in [5.74, 6) is 1.02. The molecule has 1 aromatic carbocycles. The van der Waals surface area contributed by atoms with Gasteiger partial charge < -0.3 is 9.64 Å². The van der Waals surface area contributed by atoms with E-state index in [1.54, 1.807) is 7.11 Å². The van der Waals surface area contributed by atoms with Crippen LogP contribution in [0.5, 0.6) is 5.75 Å². The van der Waals surface area contributed by atoms with E-state index in [2.05, 4.69) is 44.0 Å². The highest BCUT2D eigenvalue weighted by Gasteiger charge is 2.05. The maximum Gasteiger partial charge on any atom is 0.122 e. The van der Waals surface area contributed by atoms with Crippen molar-refractivity contribution in [1.82, 2.24) is 4.90 Å². The molecule has 0 aliphatic carbocycles. The highest BCUT2D eigenvalue weighted by molar-refractivity contribution is 5.37. The van der Waals surface area contributed by atoms with Crippen LogP contribution in [-0.4, -0.2) is 32.1 Å². The molecular formula is C14H23NO. The van der Waals surface area contributed by atoms with Gasteiger partial charge in [-0.2, -0.15) is 0 Å². The molecule has 0 atom stereocenters. The van der Waals surface area contributed by atoms with Gasteiger partial charge in [0.2, 0.25) is 0 Å². The molecule has 90 valence electrons. The fourth-order valence-corrected chi connectivity index (χ4v) is 1.72. The second kappa shape index (κ2) is 6.54. The normalized spacial score (nSPS) is 10.8. The van der Waals surface area contributed by atoms with Gasteiger partial charge in [-0.3, -0.25) is 0 Å². The number of methoxy groups -OCH3 is 1. The molecule has 0 N–H and O–H groups in total. The fourth-order valence-electron chi connectivity index (χ4n) is 1.72. The summed E-state index contributed by atoms with van der Waals surface area (Å²) < 4.78 is 5.39. The van der Waals surface area contributed by atoms with Crippen LogP contribution in [0.25, 0.3) is 0 Å². The molecule has 0 radical (unpaired) electrons. The van der Waals surface area contributed by atoms with Crippen molar-refractivity contribution in [3.05, 3.63) is 29.3 Å². The topological polar surface area (TPSA) is 12.5 Å². The zero-order valence-corrected chi connectivity index (χ0v) is 10.9. The fraction of sp³-hybridized carbons (Fsp3) is 0.571. The molecule has 0 aliphatic heterocycles. The van der Waals surface area contributed by atoms with Crippen LogP contribution >= 0.6 is 0 Å². The molecule has 16 heavy (non-hydrogen) atoms. The van der Waals surface area contributed by atoms with Crippen molar-refractivity contribution in [3.63, 3.8) is 0 Å². The Balaban J connectivity index is 2.75. The van der Waals surface area contributed by atoms with Gasteiger partial charge in [0.25, 0.3) is 0 Å². The molecule has 1 aromatic rings. The predicted molar refractivity (Wildman–Crippen MR) is 69.2 cm³/mol. The number of benzene rings is 1. The van der Waals surface area contributed by atoms with E-state index in [-0.39, 0.29) is 0 Å². The highest BCUT2D eigenvalue weighted by Crippen LogP contribution is 2.20. The van der Waals surface area contributed by atoms with Crippen LogP contribution < -0.4 is 4.74 Å². The highest BCUT2D eigenvalue weighted by atomic mass is 16.5. The predicted octanol–water partition coefficient (Wildman–Crippen LogP) is 2.75. The van der Waals surface area contributed by atoms with Gasteiger partial charge in [0.1, 0.15) is 5.75 Å². The first kappa shape index (κ1) is 13.0. The molecule has 0 aromatic heterocycles. The van der Waals surface area contributed by atoms with Gasteiger partial charge in [0.15, 0.2) is 0 Å². The van der Waals surface area contributed by atoms with Gasteiger partial charge in [-0.05, 0) is 43.6 Å². The van der Waals surface area contributed by atoms with E-state index < -0.39 is 0 Å². The summed E-state index contributed by atoms with van der Waals surface area (Å²) in [4.78, 5) is 2.32. The van der Waals surface area contributed by atoms with E-state index in [9.17, 15) is 0 Å². The van der Waals surface area contributed by atoms with Crippen LogP contribution in [0.15, 0.2) is 18.2 Å². The molecule has 0 heterocycles. The minimum Gasteiger partial charge on any atom is -0.496 e. The molecule has 1 rings (SSSR count). The maximum atomic E-state index is 5.39. The minimum atomic E-state index is 1.02. The molecule has 0 unspecified atom stereocenters. The first-order valence-electron chi connectivity index (χ1n) is 6.05. The molecule has 0 fully saturated rings. The van der Waals surface area contributed by atoms with Crippen LogP contribution in [0.1, 0.15) is 25.0 Å². The third-order valence-electron chi connectivity index (χ3n) is 3.06. The Hall–Kier alpha value is -1.02. The first-order valence-corrected chi connectivity index (χ1v) is 6.05. The molecule has 0 amide bonds. The number of hydrogen-bond donors (Lipinski definition) is 0. The number of aryl methyl sites for hydroxylation is 1. The second-order valence-electron chi connectivity index (χ2n) is 4.15. The van der Waals surface area contributed by atoms with Crippen molar-refractivity contribution in [3.8, 4) is 5.75 Å². The third kappa shape index (κ3) is 3.53. The zero-order chi connectivity index (χ0) is 12.0. The Labute approximate surface area is 99.2 Å². The van der Waals surface area contributed by atoms with Crippen molar-refractivity contribution in [2.24, 2.45) is 0 Å². The number of hydrogen-bond acceptors (Lipinski definition) is 2. The SMILES string of the molecule is CCc1ccc(OC)c(CCN(C)CC)c1. The molecule has 0 aliphatic rings. The lowest BCUT2D eigenvalue weighted by Crippen LogP contribution is -2.20. The lowest BCUT2D eigenvalue weighted by molar-refractivity contribution is 0.352. The summed E-state index contributed by atoms with van der Waals surface area (Å²) in [5.41, 5.74) is 2.71. The van der Waals surface area contributed by atoms with Crippen LogP contribution in [0.4, 0.5) is 0 Å². The van der Waals surface area contributed by atoms with E-state index in [1.165, 1.54) is 11.1 Å². The van der Waals surface area contributed by atoms with Crippen LogP contribution in [-0.2, 0) is 12.8 Å². The Morgan fingerprint density at radius 2 is 2.00 bits per heavy atom. The Bertz CT molecular complexity index is 323. The van der Waals surface area contributed by atoms with E-state index in [4.69, 9.17) is 4.74 Å². The molecule has 2 nitrogen and oxygen atoms in total. The average molecular weight is 221 g/mol. The summed E-state index contributed by atoms with van der Waals surface area (Å²) in [5, 5.41) is 0. The van der Waals surface area contributed by atoms with Crippen LogP contribution in [0, 0.1) is 0 Å². The van der Waals surface area contributed by atoms with Crippen molar-refractivity contribution in [2.45, 2.75) is 26.7 Å². The van der Waals surface area contributed by atoms with Crippen LogP contribution in [0.3, 0.4) is 0 Å². The summed E-state index contributed by atoms with van der Waals surface area (Å²) in [6.07, 6.45) is 2.14. The summed E-state index contributed by atoms with van der Waals surface area (Å²) in [7, 11) is 3.89. The van der Waals surface area contributed by atoms with E-state index in [0.29, 0.717) is 0 Å². The van der Waals surface area contributed by atoms with Gasteiger partial charge >= 0.3 is 0 Å². The molecular weight excluding hydrogens is 198 g/mol. The number of likely N-dealkylation sites (N-methyl/N-ethyl adjacent to an activating group) is 1. The van der Waals surface area contributed by atoms with Gasteiger partial charge in [-0.15, -0.1) is 0 Å². The summed E-state index contributed by atoms with van der Waals surface area (Å²) in [6.45, 7) is 6.54. The monoisotopic (exact) mass is 221 g/mol. The van der Waals surface area contributed by atoms with E-state index >= 15 is 0 Å². The van der Waals surface area contributed by atoms with Crippen molar-refractivity contribution in [2.75, 3.05) is 27.2 Å². The molecule has 2 heteroatoms. The summed E-state index contributed by atoms with van der Waals surface area (Å²) in [6, 6.07) is 6.49. The molecule has 0 spiro atoms. The van der Waals surface area contributed by atoms with Crippen molar-refractivity contribution < 1.29 is 4.74 Å².